The van der Waals surface area contributed by atoms with Gasteiger partial charge in [0.05, 0.1) is 23.2 Å². The van der Waals surface area contributed by atoms with Crippen molar-refractivity contribution in [1.82, 2.24) is 9.55 Å². The Morgan fingerprint density at radius 2 is 2.22 bits per heavy atom. The SMILES string of the molecule is COC1(Cn2c(C)nc3cc(N)ccc32)CCC1. The van der Waals surface area contributed by atoms with Gasteiger partial charge < -0.3 is 15.0 Å². The Balaban J connectivity index is 2.03. The largest absolute Gasteiger partial charge is 0.399 e. The summed E-state index contributed by atoms with van der Waals surface area (Å²) in [6.45, 7) is 2.92. The average molecular weight is 245 g/mol. The summed E-state index contributed by atoms with van der Waals surface area (Å²) in [5.74, 6) is 1.03. The fourth-order valence-electron chi connectivity index (χ4n) is 2.75. The number of hydrogen-bond acceptors (Lipinski definition) is 3. The predicted molar refractivity (Wildman–Crippen MR) is 72.5 cm³/mol. The minimum atomic E-state index is 0.0137. The number of anilines is 1. The van der Waals surface area contributed by atoms with Gasteiger partial charge in [-0.05, 0) is 44.4 Å². The third kappa shape index (κ3) is 1.68. The van der Waals surface area contributed by atoms with E-state index in [1.165, 1.54) is 6.42 Å². The molecule has 1 fully saturated rings. The van der Waals surface area contributed by atoms with Crippen molar-refractivity contribution in [2.45, 2.75) is 38.3 Å². The van der Waals surface area contributed by atoms with Crippen molar-refractivity contribution < 1.29 is 4.74 Å². The number of fused-ring (bicyclic) bond motifs is 1. The van der Waals surface area contributed by atoms with Gasteiger partial charge in [0.1, 0.15) is 5.82 Å². The molecule has 4 heteroatoms. The number of methoxy groups -OCH3 is 1. The van der Waals surface area contributed by atoms with Crippen molar-refractivity contribution >= 4 is 16.7 Å². The Hall–Kier alpha value is -1.55. The van der Waals surface area contributed by atoms with Crippen LogP contribution < -0.4 is 5.73 Å². The van der Waals surface area contributed by atoms with Crippen LogP contribution in [0.5, 0.6) is 0 Å². The number of aryl methyl sites for hydroxylation is 1. The molecule has 0 amide bonds. The lowest BCUT2D eigenvalue weighted by Crippen LogP contribution is -2.43. The van der Waals surface area contributed by atoms with Crippen molar-refractivity contribution in [2.75, 3.05) is 12.8 Å². The van der Waals surface area contributed by atoms with Gasteiger partial charge >= 0.3 is 0 Å². The van der Waals surface area contributed by atoms with Gasteiger partial charge in [0.15, 0.2) is 0 Å². The number of benzene rings is 1. The Morgan fingerprint density at radius 3 is 2.83 bits per heavy atom. The fourth-order valence-corrected chi connectivity index (χ4v) is 2.75. The molecule has 0 saturated heterocycles. The lowest BCUT2D eigenvalue weighted by molar-refractivity contribution is -0.0831. The average Bonchev–Trinajstić information content (AvgIpc) is 2.59. The Bertz CT molecular complexity index is 578. The van der Waals surface area contributed by atoms with Gasteiger partial charge in [-0.1, -0.05) is 0 Å². The van der Waals surface area contributed by atoms with E-state index >= 15 is 0 Å². The van der Waals surface area contributed by atoms with Crippen LogP contribution in [0.15, 0.2) is 18.2 Å². The van der Waals surface area contributed by atoms with E-state index in [9.17, 15) is 0 Å². The molecule has 1 heterocycles. The standard InChI is InChI=1S/C14H19N3O/c1-10-16-12-8-11(15)4-5-13(12)17(10)9-14(18-2)6-3-7-14/h4-5,8H,3,6-7,9,15H2,1-2H3. The van der Waals surface area contributed by atoms with E-state index < -0.39 is 0 Å². The minimum absolute atomic E-state index is 0.0137. The van der Waals surface area contributed by atoms with E-state index in [0.717, 1.165) is 41.9 Å². The van der Waals surface area contributed by atoms with Crippen LogP contribution in [0.3, 0.4) is 0 Å². The number of rotatable bonds is 3. The van der Waals surface area contributed by atoms with Crippen molar-refractivity contribution in [3.8, 4) is 0 Å². The van der Waals surface area contributed by atoms with E-state index in [1.54, 1.807) is 0 Å². The molecule has 18 heavy (non-hydrogen) atoms. The molecule has 0 unspecified atom stereocenters. The fraction of sp³-hybridized carbons (Fsp3) is 0.500. The monoisotopic (exact) mass is 245 g/mol. The van der Waals surface area contributed by atoms with Gasteiger partial charge in [-0.3, -0.25) is 0 Å². The second-order valence-electron chi connectivity index (χ2n) is 5.23. The summed E-state index contributed by atoms with van der Waals surface area (Å²) in [4.78, 5) is 4.58. The topological polar surface area (TPSA) is 53.1 Å². The smallest absolute Gasteiger partial charge is 0.106 e. The molecule has 2 aromatic rings. The minimum Gasteiger partial charge on any atom is -0.399 e. The first kappa shape index (κ1) is 11.5. The van der Waals surface area contributed by atoms with E-state index in [2.05, 4.69) is 9.55 Å². The molecule has 0 radical (unpaired) electrons. The quantitative estimate of drug-likeness (QED) is 0.845. The van der Waals surface area contributed by atoms with Crippen LogP contribution in [-0.4, -0.2) is 22.3 Å². The summed E-state index contributed by atoms with van der Waals surface area (Å²) < 4.78 is 7.95. The number of nitrogens with zero attached hydrogens (tertiary/aromatic N) is 2. The highest BCUT2D eigenvalue weighted by atomic mass is 16.5. The Morgan fingerprint density at radius 1 is 1.44 bits per heavy atom. The van der Waals surface area contributed by atoms with E-state index in [-0.39, 0.29) is 5.60 Å². The highest BCUT2D eigenvalue weighted by molar-refractivity contribution is 5.79. The number of nitrogen functional groups attached to an aromatic ring is 1. The highest BCUT2D eigenvalue weighted by Crippen LogP contribution is 2.37. The first-order valence-corrected chi connectivity index (χ1v) is 6.41. The van der Waals surface area contributed by atoms with Gasteiger partial charge in [0.25, 0.3) is 0 Å². The maximum absolute atomic E-state index is 5.80. The number of ether oxygens (including phenoxy) is 1. The van der Waals surface area contributed by atoms with Gasteiger partial charge in [-0.25, -0.2) is 4.98 Å². The molecular weight excluding hydrogens is 226 g/mol. The van der Waals surface area contributed by atoms with Crippen LogP contribution in [0, 0.1) is 6.92 Å². The molecule has 0 spiro atoms. The van der Waals surface area contributed by atoms with Crippen LogP contribution in [0.2, 0.25) is 0 Å². The van der Waals surface area contributed by atoms with E-state index in [4.69, 9.17) is 10.5 Å². The third-order valence-corrected chi connectivity index (χ3v) is 4.11. The summed E-state index contributed by atoms with van der Waals surface area (Å²) in [6, 6.07) is 5.91. The number of hydrogen-bond donors (Lipinski definition) is 1. The number of imidazole rings is 1. The van der Waals surface area contributed by atoms with Crippen LogP contribution in [0.25, 0.3) is 11.0 Å². The summed E-state index contributed by atoms with van der Waals surface area (Å²) >= 11 is 0. The molecule has 2 N–H and O–H groups in total. The zero-order valence-corrected chi connectivity index (χ0v) is 10.9. The molecule has 0 bridgehead atoms. The lowest BCUT2D eigenvalue weighted by atomic mass is 9.80. The second-order valence-corrected chi connectivity index (χ2v) is 5.23. The van der Waals surface area contributed by atoms with Crippen LogP contribution in [0.1, 0.15) is 25.1 Å². The van der Waals surface area contributed by atoms with Crippen LogP contribution >= 0.6 is 0 Å². The molecule has 3 rings (SSSR count). The second kappa shape index (κ2) is 3.99. The maximum Gasteiger partial charge on any atom is 0.106 e. The first-order chi connectivity index (χ1) is 8.63. The van der Waals surface area contributed by atoms with Crippen LogP contribution in [0.4, 0.5) is 5.69 Å². The third-order valence-electron chi connectivity index (χ3n) is 4.11. The Labute approximate surface area is 107 Å². The summed E-state index contributed by atoms with van der Waals surface area (Å²) in [5, 5.41) is 0. The highest BCUT2D eigenvalue weighted by Gasteiger charge is 2.38. The van der Waals surface area contributed by atoms with Gasteiger partial charge in [0, 0.05) is 12.8 Å². The molecular formula is C14H19N3O. The summed E-state index contributed by atoms with van der Waals surface area (Å²) in [6.07, 6.45) is 3.53. The lowest BCUT2D eigenvalue weighted by Gasteiger charge is -2.41. The maximum atomic E-state index is 5.80. The zero-order valence-electron chi connectivity index (χ0n) is 10.9. The van der Waals surface area contributed by atoms with Crippen molar-refractivity contribution in [2.24, 2.45) is 0 Å². The molecule has 1 aliphatic rings. The molecule has 1 aliphatic carbocycles. The molecule has 1 aromatic carbocycles. The number of aromatic nitrogens is 2. The van der Waals surface area contributed by atoms with E-state index in [1.807, 2.05) is 32.2 Å². The normalized spacial score (nSPS) is 17.9. The first-order valence-electron chi connectivity index (χ1n) is 6.41. The van der Waals surface area contributed by atoms with Crippen molar-refractivity contribution in [3.63, 3.8) is 0 Å². The Kier molecular flexibility index (Phi) is 2.55. The predicted octanol–water partition coefficient (Wildman–Crippen LogP) is 2.50. The molecule has 0 aliphatic heterocycles. The molecule has 0 atom stereocenters. The molecule has 4 nitrogen and oxygen atoms in total. The molecule has 96 valence electrons. The molecule has 1 aromatic heterocycles. The van der Waals surface area contributed by atoms with Crippen molar-refractivity contribution in [3.05, 3.63) is 24.0 Å². The van der Waals surface area contributed by atoms with E-state index in [0.29, 0.717) is 0 Å². The van der Waals surface area contributed by atoms with Crippen LogP contribution in [-0.2, 0) is 11.3 Å². The van der Waals surface area contributed by atoms with Crippen molar-refractivity contribution in [1.29, 1.82) is 0 Å². The summed E-state index contributed by atoms with van der Waals surface area (Å²) in [5.41, 5.74) is 8.69. The molecule has 1 saturated carbocycles. The van der Waals surface area contributed by atoms with Gasteiger partial charge in [-0.15, -0.1) is 0 Å². The van der Waals surface area contributed by atoms with Gasteiger partial charge in [0.2, 0.25) is 0 Å². The number of nitrogens with two attached hydrogens (primary N) is 1. The summed E-state index contributed by atoms with van der Waals surface area (Å²) in [7, 11) is 1.81. The van der Waals surface area contributed by atoms with Gasteiger partial charge in [-0.2, -0.15) is 0 Å². The zero-order chi connectivity index (χ0) is 12.8.